The summed E-state index contributed by atoms with van der Waals surface area (Å²) in [6, 6.07) is 6.57. The number of nitrogens with zero attached hydrogens (tertiary/aromatic N) is 3. The highest BCUT2D eigenvalue weighted by Crippen LogP contribution is 2.22. The number of fused-ring (bicyclic) bond motifs is 3. The number of aryl methyl sites for hydroxylation is 2. The second kappa shape index (κ2) is 7.30. The van der Waals surface area contributed by atoms with Crippen molar-refractivity contribution in [1.29, 1.82) is 0 Å². The van der Waals surface area contributed by atoms with Crippen molar-refractivity contribution < 1.29 is 14.3 Å². The molecule has 1 amide bonds. The Morgan fingerprint density at radius 3 is 2.79 bits per heavy atom. The Morgan fingerprint density at radius 2 is 1.96 bits per heavy atom. The first-order chi connectivity index (χ1) is 13.6. The van der Waals surface area contributed by atoms with Crippen molar-refractivity contribution in [3.05, 3.63) is 63.8 Å². The molecule has 0 bridgehead atoms. The van der Waals surface area contributed by atoms with Gasteiger partial charge in [-0.1, -0.05) is 12.1 Å². The molecule has 4 rings (SSSR count). The van der Waals surface area contributed by atoms with Crippen LogP contribution in [0.25, 0.3) is 5.52 Å². The van der Waals surface area contributed by atoms with Gasteiger partial charge in [0.05, 0.1) is 24.1 Å². The molecule has 8 heteroatoms. The number of benzene rings is 1. The molecular formula is C20H20N4O4. The van der Waals surface area contributed by atoms with Gasteiger partial charge in [0.1, 0.15) is 12.1 Å². The molecule has 1 aliphatic carbocycles. The van der Waals surface area contributed by atoms with Gasteiger partial charge in [-0.15, -0.1) is 0 Å². The summed E-state index contributed by atoms with van der Waals surface area (Å²) in [7, 11) is 1.28. The Morgan fingerprint density at radius 1 is 1.18 bits per heavy atom. The fourth-order valence-electron chi connectivity index (χ4n) is 3.60. The number of ether oxygens (including phenoxy) is 1. The van der Waals surface area contributed by atoms with Crippen LogP contribution in [0.15, 0.2) is 41.5 Å². The fourth-order valence-corrected chi connectivity index (χ4v) is 3.60. The van der Waals surface area contributed by atoms with Crippen LogP contribution >= 0.6 is 0 Å². The van der Waals surface area contributed by atoms with Crippen molar-refractivity contribution in [1.82, 2.24) is 14.2 Å². The molecular weight excluding hydrogens is 360 g/mol. The van der Waals surface area contributed by atoms with Gasteiger partial charge in [0.15, 0.2) is 0 Å². The van der Waals surface area contributed by atoms with E-state index in [1.807, 2.05) is 0 Å². The minimum atomic E-state index is -0.541. The van der Waals surface area contributed by atoms with Crippen LogP contribution < -0.4 is 10.9 Å². The number of rotatable bonds is 4. The van der Waals surface area contributed by atoms with Gasteiger partial charge < -0.3 is 14.6 Å². The van der Waals surface area contributed by atoms with E-state index in [-0.39, 0.29) is 17.7 Å². The van der Waals surface area contributed by atoms with Crippen LogP contribution in [-0.4, -0.2) is 33.2 Å². The van der Waals surface area contributed by atoms with E-state index in [0.717, 1.165) is 36.9 Å². The van der Waals surface area contributed by atoms with Crippen LogP contribution in [0, 0.1) is 0 Å². The minimum absolute atomic E-state index is 0.162. The Balaban J connectivity index is 1.61. The third-order valence-corrected chi connectivity index (χ3v) is 4.95. The number of amides is 1. The van der Waals surface area contributed by atoms with E-state index < -0.39 is 11.9 Å². The molecule has 1 aliphatic rings. The summed E-state index contributed by atoms with van der Waals surface area (Å²) in [5.74, 6) is -0.948. The normalized spacial score (nSPS) is 13.2. The van der Waals surface area contributed by atoms with E-state index in [0.29, 0.717) is 11.2 Å². The average molecular weight is 380 g/mol. The molecule has 0 saturated heterocycles. The maximum absolute atomic E-state index is 12.9. The largest absolute Gasteiger partial charge is 0.465 e. The quantitative estimate of drug-likeness (QED) is 0.697. The van der Waals surface area contributed by atoms with E-state index in [2.05, 4.69) is 10.4 Å². The van der Waals surface area contributed by atoms with Gasteiger partial charge in [-0.25, -0.2) is 9.31 Å². The molecule has 0 aliphatic heterocycles. The SMILES string of the molecule is COC(=O)c1ccccc1NC(=O)Cn1ccn2nc3c(c2c1=O)CCCC3. The van der Waals surface area contributed by atoms with Gasteiger partial charge in [-0.05, 0) is 37.8 Å². The topological polar surface area (TPSA) is 94.7 Å². The summed E-state index contributed by atoms with van der Waals surface area (Å²) >= 11 is 0. The number of nitrogens with one attached hydrogen (secondary N) is 1. The number of aromatic nitrogens is 3. The number of esters is 1. The third-order valence-electron chi connectivity index (χ3n) is 4.95. The molecule has 1 N–H and O–H groups in total. The molecule has 0 radical (unpaired) electrons. The van der Waals surface area contributed by atoms with Crippen LogP contribution in [0.2, 0.25) is 0 Å². The third kappa shape index (κ3) is 3.17. The number of methoxy groups -OCH3 is 1. The number of hydrogen-bond donors (Lipinski definition) is 1. The zero-order valence-electron chi connectivity index (χ0n) is 15.5. The Labute approximate surface area is 160 Å². The second-order valence-electron chi connectivity index (χ2n) is 6.74. The predicted molar refractivity (Wildman–Crippen MR) is 103 cm³/mol. The average Bonchev–Trinajstić information content (AvgIpc) is 3.09. The summed E-state index contributed by atoms with van der Waals surface area (Å²) in [5, 5.41) is 7.18. The molecule has 2 aromatic heterocycles. The standard InChI is InChI=1S/C20H20N4O4/c1-28-20(27)14-7-3-4-8-15(14)21-17(25)12-23-10-11-24-18(19(23)26)13-6-2-5-9-16(13)22-24/h3-4,7-8,10-11H,2,5-6,9,12H2,1H3,(H,21,25). The van der Waals surface area contributed by atoms with E-state index in [1.165, 1.54) is 11.7 Å². The maximum atomic E-state index is 12.9. The van der Waals surface area contributed by atoms with Crippen molar-refractivity contribution in [3.8, 4) is 0 Å². The number of carbonyl (C=O) groups is 2. The van der Waals surface area contributed by atoms with Gasteiger partial charge in [-0.3, -0.25) is 9.59 Å². The molecule has 8 nitrogen and oxygen atoms in total. The summed E-state index contributed by atoms with van der Waals surface area (Å²) < 4.78 is 7.71. The minimum Gasteiger partial charge on any atom is -0.465 e. The molecule has 0 fully saturated rings. The lowest BCUT2D eigenvalue weighted by Crippen LogP contribution is -2.29. The molecule has 0 atom stereocenters. The van der Waals surface area contributed by atoms with E-state index in [9.17, 15) is 14.4 Å². The van der Waals surface area contributed by atoms with Crippen molar-refractivity contribution in [2.24, 2.45) is 0 Å². The van der Waals surface area contributed by atoms with Gasteiger partial charge in [0.25, 0.3) is 5.56 Å². The first kappa shape index (κ1) is 18.0. The summed E-state index contributed by atoms with van der Waals surface area (Å²) in [4.78, 5) is 37.3. The lowest BCUT2D eigenvalue weighted by molar-refractivity contribution is -0.116. The lowest BCUT2D eigenvalue weighted by Gasteiger charge is -2.11. The monoisotopic (exact) mass is 380 g/mol. The lowest BCUT2D eigenvalue weighted by atomic mass is 9.97. The molecule has 0 spiro atoms. The predicted octanol–water partition coefficient (Wildman–Crippen LogP) is 1.80. The zero-order valence-corrected chi connectivity index (χ0v) is 15.5. The van der Waals surface area contributed by atoms with Crippen LogP contribution in [-0.2, 0) is 28.9 Å². The number of anilines is 1. The van der Waals surface area contributed by atoms with Crippen LogP contribution in [0.4, 0.5) is 5.69 Å². The van der Waals surface area contributed by atoms with E-state index in [4.69, 9.17) is 4.74 Å². The molecule has 144 valence electrons. The van der Waals surface area contributed by atoms with Gasteiger partial charge in [0.2, 0.25) is 5.91 Å². The molecule has 28 heavy (non-hydrogen) atoms. The number of para-hydroxylation sites is 1. The van der Waals surface area contributed by atoms with E-state index >= 15 is 0 Å². The zero-order chi connectivity index (χ0) is 19.7. The Kier molecular flexibility index (Phi) is 4.68. The van der Waals surface area contributed by atoms with Crippen LogP contribution in [0.5, 0.6) is 0 Å². The second-order valence-corrected chi connectivity index (χ2v) is 6.74. The van der Waals surface area contributed by atoms with Gasteiger partial charge in [-0.2, -0.15) is 5.10 Å². The fraction of sp³-hybridized carbons (Fsp3) is 0.300. The van der Waals surface area contributed by atoms with Crippen LogP contribution in [0.1, 0.15) is 34.5 Å². The van der Waals surface area contributed by atoms with Crippen LogP contribution in [0.3, 0.4) is 0 Å². The maximum Gasteiger partial charge on any atom is 0.339 e. The van der Waals surface area contributed by atoms with Crippen molar-refractivity contribution in [2.45, 2.75) is 32.2 Å². The first-order valence-corrected chi connectivity index (χ1v) is 9.15. The van der Waals surface area contributed by atoms with Crippen molar-refractivity contribution >= 4 is 23.1 Å². The summed E-state index contributed by atoms with van der Waals surface area (Å²) in [5.41, 5.74) is 2.86. The summed E-state index contributed by atoms with van der Waals surface area (Å²) in [6.07, 6.45) is 7.07. The number of carbonyl (C=O) groups excluding carboxylic acids is 2. The Hall–Kier alpha value is -3.42. The Bertz CT molecular complexity index is 1130. The number of hydrogen-bond acceptors (Lipinski definition) is 5. The van der Waals surface area contributed by atoms with E-state index in [1.54, 1.807) is 41.2 Å². The first-order valence-electron chi connectivity index (χ1n) is 9.15. The highest BCUT2D eigenvalue weighted by molar-refractivity contribution is 6.01. The molecule has 0 unspecified atom stereocenters. The highest BCUT2D eigenvalue weighted by atomic mass is 16.5. The van der Waals surface area contributed by atoms with Gasteiger partial charge in [0, 0.05) is 18.0 Å². The molecule has 3 aromatic rings. The highest BCUT2D eigenvalue weighted by Gasteiger charge is 2.20. The summed E-state index contributed by atoms with van der Waals surface area (Å²) in [6.45, 7) is -0.162. The molecule has 1 aromatic carbocycles. The smallest absolute Gasteiger partial charge is 0.339 e. The molecule has 0 saturated carbocycles. The van der Waals surface area contributed by atoms with Crippen molar-refractivity contribution in [3.63, 3.8) is 0 Å². The molecule has 2 heterocycles. The van der Waals surface area contributed by atoms with Gasteiger partial charge >= 0.3 is 5.97 Å². The van der Waals surface area contributed by atoms with Crippen molar-refractivity contribution in [2.75, 3.05) is 12.4 Å².